The Morgan fingerprint density at radius 1 is 1.33 bits per heavy atom. The summed E-state index contributed by atoms with van der Waals surface area (Å²) >= 11 is 7.23. The van der Waals surface area contributed by atoms with Crippen molar-refractivity contribution in [3.05, 3.63) is 41.2 Å². The van der Waals surface area contributed by atoms with Crippen molar-refractivity contribution in [2.75, 3.05) is 5.32 Å². The van der Waals surface area contributed by atoms with E-state index in [1.165, 1.54) is 17.1 Å². The van der Waals surface area contributed by atoms with Gasteiger partial charge in [0.15, 0.2) is 0 Å². The maximum Gasteiger partial charge on any atom is 0.202 e. The van der Waals surface area contributed by atoms with E-state index in [1.54, 1.807) is 0 Å². The average Bonchev–Trinajstić information content (AvgIpc) is 2.85. The van der Waals surface area contributed by atoms with Crippen LogP contribution in [0.2, 0.25) is 0 Å². The van der Waals surface area contributed by atoms with Gasteiger partial charge in [-0.15, -0.1) is 11.6 Å². The number of halogens is 1. The van der Waals surface area contributed by atoms with E-state index in [9.17, 15) is 0 Å². The zero-order chi connectivity index (χ0) is 12.8. The molecule has 1 aromatic heterocycles. The summed E-state index contributed by atoms with van der Waals surface area (Å²) in [5.41, 5.74) is 2.35. The molecule has 5 heteroatoms. The maximum absolute atomic E-state index is 5.81. The number of benzene rings is 1. The lowest BCUT2D eigenvalue weighted by molar-refractivity contribution is 0.861. The highest BCUT2D eigenvalue weighted by atomic mass is 35.5. The van der Waals surface area contributed by atoms with Gasteiger partial charge in [0.05, 0.1) is 0 Å². The number of nitrogens with zero attached hydrogens (tertiary/aromatic N) is 2. The third kappa shape index (κ3) is 3.68. The third-order valence-corrected chi connectivity index (χ3v) is 3.55. The molecule has 18 heavy (non-hydrogen) atoms. The summed E-state index contributed by atoms with van der Waals surface area (Å²) in [7, 11) is 0. The van der Waals surface area contributed by atoms with Gasteiger partial charge >= 0.3 is 0 Å². The van der Waals surface area contributed by atoms with Crippen LogP contribution in [0, 0.1) is 0 Å². The molecule has 0 bridgehead atoms. The number of nitrogens with one attached hydrogen (secondary N) is 1. The molecule has 0 saturated heterocycles. The van der Waals surface area contributed by atoms with E-state index in [0.717, 1.165) is 35.9 Å². The summed E-state index contributed by atoms with van der Waals surface area (Å²) in [6, 6.07) is 8.24. The number of anilines is 1. The van der Waals surface area contributed by atoms with Crippen molar-refractivity contribution in [1.29, 1.82) is 0 Å². The summed E-state index contributed by atoms with van der Waals surface area (Å²) in [4.78, 5) is 4.43. The van der Waals surface area contributed by atoms with E-state index in [1.807, 2.05) is 12.1 Å². The van der Waals surface area contributed by atoms with Crippen molar-refractivity contribution < 1.29 is 0 Å². The van der Waals surface area contributed by atoms with Gasteiger partial charge in [-0.1, -0.05) is 31.2 Å². The molecule has 3 nitrogen and oxygen atoms in total. The monoisotopic (exact) mass is 281 g/mol. The minimum absolute atomic E-state index is 0.549. The summed E-state index contributed by atoms with van der Waals surface area (Å²) in [5.74, 6) is 1.48. The van der Waals surface area contributed by atoms with Gasteiger partial charge in [0.1, 0.15) is 5.82 Å². The Morgan fingerprint density at radius 2 is 2.17 bits per heavy atom. The number of aromatic nitrogens is 2. The van der Waals surface area contributed by atoms with Gasteiger partial charge in [0.2, 0.25) is 5.13 Å². The first kappa shape index (κ1) is 13.3. The Balaban J connectivity index is 1.93. The van der Waals surface area contributed by atoms with E-state index in [2.05, 4.69) is 33.7 Å². The summed E-state index contributed by atoms with van der Waals surface area (Å²) in [6.45, 7) is 2.89. The lowest BCUT2D eigenvalue weighted by Gasteiger charge is -2.03. The second kappa shape index (κ2) is 6.71. The Kier molecular flexibility index (Phi) is 4.96. The maximum atomic E-state index is 5.81. The van der Waals surface area contributed by atoms with Gasteiger partial charge in [0.25, 0.3) is 0 Å². The molecule has 1 heterocycles. The van der Waals surface area contributed by atoms with Crippen LogP contribution in [0.4, 0.5) is 5.13 Å². The zero-order valence-corrected chi connectivity index (χ0v) is 11.9. The van der Waals surface area contributed by atoms with Crippen molar-refractivity contribution in [2.24, 2.45) is 0 Å². The SMILES string of the molecule is CCCc1nsc(NCc2cccc(CCl)c2)n1. The van der Waals surface area contributed by atoms with Crippen LogP contribution in [0.25, 0.3) is 0 Å². The number of aryl methyl sites for hydroxylation is 1. The minimum atomic E-state index is 0.549. The number of hydrogen-bond donors (Lipinski definition) is 1. The summed E-state index contributed by atoms with van der Waals surface area (Å²) < 4.78 is 4.30. The molecule has 0 atom stereocenters. The Bertz CT molecular complexity index is 498. The quantitative estimate of drug-likeness (QED) is 0.818. The highest BCUT2D eigenvalue weighted by Gasteiger charge is 2.02. The van der Waals surface area contributed by atoms with Crippen LogP contribution in [-0.2, 0) is 18.8 Å². The Morgan fingerprint density at radius 3 is 2.94 bits per heavy atom. The smallest absolute Gasteiger partial charge is 0.202 e. The first-order valence-corrected chi connectivity index (χ1v) is 7.33. The lowest BCUT2D eigenvalue weighted by atomic mass is 10.1. The van der Waals surface area contributed by atoms with Gasteiger partial charge in [-0.25, -0.2) is 4.98 Å². The Hall–Kier alpha value is -1.13. The van der Waals surface area contributed by atoms with E-state index < -0.39 is 0 Å². The van der Waals surface area contributed by atoms with Crippen molar-refractivity contribution in [3.63, 3.8) is 0 Å². The molecule has 0 unspecified atom stereocenters. The molecule has 96 valence electrons. The van der Waals surface area contributed by atoms with E-state index in [-0.39, 0.29) is 0 Å². The normalized spacial score (nSPS) is 10.6. The van der Waals surface area contributed by atoms with Crippen LogP contribution in [0.15, 0.2) is 24.3 Å². The average molecular weight is 282 g/mol. The molecular formula is C13H16ClN3S. The number of rotatable bonds is 6. The predicted octanol–water partition coefficient (Wildman–Crippen LogP) is 3.84. The van der Waals surface area contributed by atoms with Gasteiger partial charge in [-0.3, -0.25) is 0 Å². The standard InChI is InChI=1S/C13H16ClN3S/c1-2-4-12-16-13(18-17-12)15-9-11-6-3-5-10(7-11)8-14/h3,5-7H,2,4,8-9H2,1H3,(H,15,16,17). The first-order chi connectivity index (χ1) is 8.81. The second-order valence-electron chi connectivity index (χ2n) is 4.07. The number of alkyl halides is 1. The topological polar surface area (TPSA) is 37.8 Å². The van der Waals surface area contributed by atoms with Gasteiger partial charge in [0, 0.05) is 30.4 Å². The van der Waals surface area contributed by atoms with Crippen molar-refractivity contribution in [1.82, 2.24) is 9.36 Å². The van der Waals surface area contributed by atoms with Crippen LogP contribution in [0.5, 0.6) is 0 Å². The van der Waals surface area contributed by atoms with Crippen LogP contribution in [-0.4, -0.2) is 9.36 Å². The molecule has 0 aliphatic carbocycles. The molecule has 2 rings (SSSR count). The van der Waals surface area contributed by atoms with Crippen molar-refractivity contribution in [3.8, 4) is 0 Å². The fourth-order valence-electron chi connectivity index (χ4n) is 1.65. The summed E-state index contributed by atoms with van der Waals surface area (Å²) in [6.07, 6.45) is 2.02. The van der Waals surface area contributed by atoms with Crippen molar-refractivity contribution >= 4 is 28.3 Å². The van der Waals surface area contributed by atoms with E-state index >= 15 is 0 Å². The van der Waals surface area contributed by atoms with Crippen LogP contribution in [0.1, 0.15) is 30.3 Å². The van der Waals surface area contributed by atoms with Gasteiger partial charge in [-0.2, -0.15) is 4.37 Å². The molecule has 1 N–H and O–H groups in total. The molecule has 0 aliphatic rings. The largest absolute Gasteiger partial charge is 0.356 e. The fourth-order valence-corrected chi connectivity index (χ4v) is 2.42. The fraction of sp³-hybridized carbons (Fsp3) is 0.385. The first-order valence-electron chi connectivity index (χ1n) is 6.02. The molecule has 0 amide bonds. The van der Waals surface area contributed by atoms with E-state index in [4.69, 9.17) is 11.6 Å². The molecule has 0 fully saturated rings. The minimum Gasteiger partial charge on any atom is -0.356 e. The molecule has 0 radical (unpaired) electrons. The predicted molar refractivity (Wildman–Crippen MR) is 77.2 cm³/mol. The molecule has 0 aliphatic heterocycles. The highest BCUT2D eigenvalue weighted by Crippen LogP contribution is 2.14. The molecule has 2 aromatic rings. The van der Waals surface area contributed by atoms with Crippen molar-refractivity contribution in [2.45, 2.75) is 32.2 Å². The van der Waals surface area contributed by atoms with Crippen LogP contribution < -0.4 is 5.32 Å². The Labute approximate surface area is 116 Å². The van der Waals surface area contributed by atoms with Gasteiger partial charge in [-0.05, 0) is 17.5 Å². The van der Waals surface area contributed by atoms with Crippen LogP contribution >= 0.6 is 23.1 Å². The number of hydrogen-bond acceptors (Lipinski definition) is 4. The summed E-state index contributed by atoms with van der Waals surface area (Å²) in [5, 5.41) is 4.18. The molecule has 1 aromatic carbocycles. The second-order valence-corrected chi connectivity index (χ2v) is 5.09. The highest BCUT2D eigenvalue weighted by molar-refractivity contribution is 7.09. The molecule has 0 spiro atoms. The molecule has 0 saturated carbocycles. The van der Waals surface area contributed by atoms with Crippen LogP contribution in [0.3, 0.4) is 0 Å². The zero-order valence-electron chi connectivity index (χ0n) is 10.3. The third-order valence-electron chi connectivity index (χ3n) is 2.53. The van der Waals surface area contributed by atoms with Gasteiger partial charge < -0.3 is 5.32 Å². The molecular weight excluding hydrogens is 266 g/mol. The van der Waals surface area contributed by atoms with E-state index in [0.29, 0.717) is 5.88 Å². The lowest BCUT2D eigenvalue weighted by Crippen LogP contribution is -1.99.